The highest BCUT2D eigenvalue weighted by Crippen LogP contribution is 2.40. The van der Waals surface area contributed by atoms with Crippen molar-refractivity contribution in [2.45, 2.75) is 139 Å². The van der Waals surface area contributed by atoms with Crippen molar-refractivity contribution >= 4 is 69.9 Å². The molecule has 2 aliphatic rings. The summed E-state index contributed by atoms with van der Waals surface area (Å²) in [5, 5.41) is 3.01. The van der Waals surface area contributed by atoms with Gasteiger partial charge in [-0.05, 0) is 145 Å². The van der Waals surface area contributed by atoms with Crippen LogP contribution in [0.25, 0.3) is 0 Å². The van der Waals surface area contributed by atoms with Crippen molar-refractivity contribution in [2.75, 3.05) is 66.3 Å². The topological polar surface area (TPSA) is 116 Å². The average molecular weight is 1030 g/mol. The summed E-state index contributed by atoms with van der Waals surface area (Å²) in [4.78, 5) is 54.1. The first-order chi connectivity index (χ1) is 31.6. The summed E-state index contributed by atoms with van der Waals surface area (Å²) < 4.78 is 0. The molecule has 8 atom stereocenters. The molecule has 2 fully saturated rings. The SMILES string of the molecule is CC(C)[C@@H]1CC[C@@H](C)C[C@H]1C(=O)CC[C@@H](N)c1ccccc1.CC(C)[C@@H]1CC[C@@H](C)C[C@H]1C(=O)CC[C@@H](NC(=O)CN(C)C)c1ccccc1.CCN(CC)CC.CN(C)CC(=O)Cl.Cl.ClCCl. The molecule has 0 spiro atoms. The van der Waals surface area contributed by atoms with Crippen LogP contribution < -0.4 is 11.1 Å². The molecule has 9 nitrogen and oxygen atoms in total. The molecule has 2 aliphatic carbocycles. The average Bonchev–Trinajstić information content (AvgIpc) is 3.27. The first-order valence-electron chi connectivity index (χ1n) is 25.2. The predicted octanol–water partition coefficient (Wildman–Crippen LogP) is 12.7. The number of benzene rings is 2. The Kier molecular flexibility index (Phi) is 39.5. The minimum atomic E-state index is -0.315. The predicted molar refractivity (Wildman–Crippen MR) is 294 cm³/mol. The molecule has 2 aromatic carbocycles. The number of hydrogen-bond acceptors (Lipinski definition) is 8. The number of nitrogens with two attached hydrogens (primary N) is 1. The summed E-state index contributed by atoms with van der Waals surface area (Å²) in [5.74, 6) is 4.79. The molecule has 1 amide bonds. The van der Waals surface area contributed by atoms with E-state index in [0.717, 1.165) is 36.8 Å². The van der Waals surface area contributed by atoms with E-state index in [2.05, 4.69) is 84.7 Å². The molecule has 13 heteroatoms. The van der Waals surface area contributed by atoms with Crippen molar-refractivity contribution in [1.29, 1.82) is 0 Å². The minimum absolute atomic E-state index is 0. The number of amides is 1. The fraction of sp³-hybridized carbons (Fsp3) is 0.709. The van der Waals surface area contributed by atoms with Gasteiger partial charge in [0.05, 0.1) is 24.5 Å². The number of alkyl halides is 2. The number of carbonyl (C=O) groups is 4. The van der Waals surface area contributed by atoms with Crippen LogP contribution in [0, 0.1) is 47.3 Å². The number of rotatable bonds is 20. The molecule has 0 bridgehead atoms. The highest BCUT2D eigenvalue weighted by atomic mass is 35.5. The Labute approximate surface area is 436 Å². The lowest BCUT2D eigenvalue weighted by Gasteiger charge is -2.36. The minimum Gasteiger partial charge on any atom is -0.348 e. The van der Waals surface area contributed by atoms with Crippen molar-refractivity contribution in [3.05, 3.63) is 71.8 Å². The molecule has 392 valence electrons. The summed E-state index contributed by atoms with van der Waals surface area (Å²) >= 11 is 14.5. The third-order valence-corrected chi connectivity index (χ3v) is 13.4. The van der Waals surface area contributed by atoms with Crippen LogP contribution in [-0.4, -0.2) is 104 Å². The fourth-order valence-electron chi connectivity index (χ4n) is 9.42. The van der Waals surface area contributed by atoms with Gasteiger partial charge in [0.15, 0.2) is 0 Å². The molecular formula is C55H95Cl4N5O4. The van der Waals surface area contributed by atoms with E-state index in [1.54, 1.807) is 19.0 Å². The van der Waals surface area contributed by atoms with Crippen LogP contribution in [0.3, 0.4) is 0 Å². The fourth-order valence-corrected chi connectivity index (χ4v) is 9.66. The Morgan fingerprint density at radius 3 is 1.35 bits per heavy atom. The Morgan fingerprint density at radius 2 is 1.03 bits per heavy atom. The highest BCUT2D eigenvalue weighted by molar-refractivity contribution is 6.64. The molecule has 0 heterocycles. The van der Waals surface area contributed by atoms with Gasteiger partial charge in [-0.3, -0.25) is 19.2 Å². The summed E-state index contributed by atoms with van der Waals surface area (Å²) in [6.45, 7) is 24.4. The van der Waals surface area contributed by atoms with E-state index in [1.807, 2.05) is 67.5 Å². The molecule has 4 rings (SSSR count). The number of nitrogens with zero attached hydrogens (tertiary/aromatic N) is 3. The Hall–Kier alpha value is -2.08. The number of halogens is 4. The number of nitrogens with one attached hydrogen (secondary N) is 1. The van der Waals surface area contributed by atoms with Crippen LogP contribution in [-0.2, 0) is 19.2 Å². The van der Waals surface area contributed by atoms with E-state index in [4.69, 9.17) is 40.5 Å². The molecule has 3 N–H and O–H groups in total. The van der Waals surface area contributed by atoms with Gasteiger partial charge in [0.25, 0.3) is 0 Å². The van der Waals surface area contributed by atoms with E-state index in [9.17, 15) is 19.2 Å². The van der Waals surface area contributed by atoms with Gasteiger partial charge in [0, 0.05) is 30.7 Å². The zero-order valence-electron chi connectivity index (χ0n) is 44.5. The second-order valence-electron chi connectivity index (χ2n) is 20.0. The van der Waals surface area contributed by atoms with Crippen LogP contribution in [0.2, 0.25) is 0 Å². The molecule has 2 aromatic rings. The number of carbonyl (C=O) groups excluding carboxylic acids is 4. The lowest BCUT2D eigenvalue weighted by atomic mass is 9.68. The van der Waals surface area contributed by atoms with Gasteiger partial charge in [-0.15, -0.1) is 35.6 Å². The van der Waals surface area contributed by atoms with E-state index < -0.39 is 0 Å². The van der Waals surface area contributed by atoms with E-state index in [-0.39, 0.29) is 52.8 Å². The van der Waals surface area contributed by atoms with Crippen LogP contribution in [0.1, 0.15) is 150 Å². The third kappa shape index (κ3) is 29.9. The van der Waals surface area contributed by atoms with Gasteiger partial charge in [-0.2, -0.15) is 0 Å². The standard InChI is InChI=1S/C24H38N2O2.C20H31NO.C6H15N.C4H8ClNO.CH2Cl2.ClH/c1-17(2)20-12-11-18(3)15-21(20)23(27)14-13-22(19-9-7-6-8-10-19)25-24(28)16-26(4)5;1-14(2)17-10-9-15(3)13-18(17)20(22)12-11-19(21)16-7-5-4-6-8-16;1-4-7(5-2)6-3;1-6(2)3-4(5)7;2-1-3;/h6-10,17-18,20-22H,11-16H2,1-5H3,(H,25,28);4-8,14-15,17-19H,9-13,21H2,1-3H3;4-6H2,1-3H3;3H2,1-2H3;1H2;1H/t18-,20+,21-,22-;15-,17+,18-,19-;;;;/m11..../s1. The van der Waals surface area contributed by atoms with Crippen molar-refractivity contribution in [3.63, 3.8) is 0 Å². The molecule has 0 aliphatic heterocycles. The van der Waals surface area contributed by atoms with E-state index in [0.29, 0.717) is 79.4 Å². The molecular weight excluding hydrogens is 936 g/mol. The first-order valence-corrected chi connectivity index (χ1v) is 26.6. The van der Waals surface area contributed by atoms with Crippen molar-refractivity contribution < 1.29 is 19.2 Å². The zero-order chi connectivity index (χ0) is 51.1. The van der Waals surface area contributed by atoms with Gasteiger partial charge in [-0.1, -0.05) is 136 Å². The smallest absolute Gasteiger partial charge is 0.235 e. The van der Waals surface area contributed by atoms with Crippen LogP contribution >= 0.6 is 47.2 Å². The van der Waals surface area contributed by atoms with Crippen LogP contribution in [0.5, 0.6) is 0 Å². The van der Waals surface area contributed by atoms with E-state index in [1.165, 1.54) is 38.9 Å². The second kappa shape index (κ2) is 39.5. The highest BCUT2D eigenvalue weighted by Gasteiger charge is 2.36. The molecule has 0 unspecified atom stereocenters. The molecule has 0 saturated heterocycles. The monoisotopic (exact) mass is 1030 g/mol. The van der Waals surface area contributed by atoms with Gasteiger partial charge in [0.2, 0.25) is 11.1 Å². The number of ketones is 2. The van der Waals surface area contributed by atoms with Gasteiger partial charge in [-0.25, -0.2) is 0 Å². The van der Waals surface area contributed by atoms with Gasteiger partial charge < -0.3 is 25.8 Å². The van der Waals surface area contributed by atoms with Crippen molar-refractivity contribution in [1.82, 2.24) is 20.0 Å². The number of Topliss-reactive ketones (excluding diaryl/α,β-unsaturated/α-hetero) is 2. The second-order valence-corrected chi connectivity index (χ2v) is 21.2. The maximum absolute atomic E-state index is 13.1. The van der Waals surface area contributed by atoms with Gasteiger partial charge in [0.1, 0.15) is 11.6 Å². The molecule has 0 aromatic heterocycles. The lowest BCUT2D eigenvalue weighted by Crippen LogP contribution is -2.37. The summed E-state index contributed by atoms with van der Waals surface area (Å²) in [6.07, 6.45) is 9.55. The van der Waals surface area contributed by atoms with Gasteiger partial charge >= 0.3 is 0 Å². The zero-order valence-corrected chi connectivity index (χ0v) is 47.5. The van der Waals surface area contributed by atoms with Crippen LogP contribution in [0.15, 0.2) is 60.7 Å². The number of hydrogen-bond donors (Lipinski definition) is 2. The Bertz CT molecular complexity index is 1590. The molecule has 0 radical (unpaired) electrons. The van der Waals surface area contributed by atoms with Crippen molar-refractivity contribution in [2.24, 2.45) is 53.1 Å². The van der Waals surface area contributed by atoms with Crippen molar-refractivity contribution in [3.8, 4) is 0 Å². The Morgan fingerprint density at radius 1 is 0.647 bits per heavy atom. The molecule has 68 heavy (non-hydrogen) atoms. The number of likely N-dealkylation sites (N-methyl/N-ethyl adjacent to an activating group) is 2. The van der Waals surface area contributed by atoms with E-state index >= 15 is 0 Å². The Balaban J connectivity index is 0. The summed E-state index contributed by atoms with van der Waals surface area (Å²) in [5.41, 5.74) is 8.44. The summed E-state index contributed by atoms with van der Waals surface area (Å²) in [7, 11) is 7.36. The van der Waals surface area contributed by atoms with Crippen LogP contribution in [0.4, 0.5) is 0 Å². The maximum atomic E-state index is 13.1. The molecule has 2 saturated carbocycles. The third-order valence-electron chi connectivity index (χ3n) is 13.3. The first kappa shape index (κ1) is 68.0. The largest absolute Gasteiger partial charge is 0.348 e. The lowest BCUT2D eigenvalue weighted by molar-refractivity contribution is -0.128. The maximum Gasteiger partial charge on any atom is 0.235 e. The normalized spacial score (nSPS) is 20.7. The summed E-state index contributed by atoms with van der Waals surface area (Å²) in [6, 6.07) is 20.0. The quantitative estimate of drug-likeness (QED) is 0.0995.